The molecule has 0 N–H and O–H groups in total. The smallest absolute Gasteiger partial charge is 0.203 e. The number of nitrogens with zero attached hydrogens (tertiary/aromatic N) is 16. The lowest BCUT2D eigenvalue weighted by Crippen LogP contribution is -2.12. The Labute approximate surface area is 240 Å². The molecule has 0 radical (unpaired) electrons. The molecule has 0 aliphatic rings. The fraction of sp³-hybridized carbons (Fsp3) is 0.308. The monoisotopic (exact) mass is 564 g/mol. The van der Waals surface area contributed by atoms with Gasteiger partial charge >= 0.3 is 0 Å². The fourth-order valence-electron chi connectivity index (χ4n) is 4.57. The Morgan fingerprint density at radius 1 is 0.381 bits per heavy atom. The first-order chi connectivity index (χ1) is 20.0. The topological polar surface area (TPSA) is 173 Å². The predicted molar refractivity (Wildman–Crippen MR) is 150 cm³/mol. The third-order valence-electron chi connectivity index (χ3n) is 6.23. The molecule has 0 fully saturated rings. The van der Waals surface area contributed by atoms with Crippen LogP contribution in [0, 0.1) is 55.4 Å². The number of azo groups is 1. The average Bonchev–Trinajstić information content (AvgIpc) is 3.67. The first-order valence-corrected chi connectivity index (χ1v) is 13.1. The molecule has 6 aromatic heterocycles. The van der Waals surface area contributed by atoms with Crippen molar-refractivity contribution in [3.05, 3.63) is 69.8 Å². The van der Waals surface area contributed by atoms with Crippen LogP contribution in [0.3, 0.4) is 0 Å². The number of aryl methyl sites for hydroxylation is 8. The van der Waals surface area contributed by atoms with Crippen LogP contribution in [-0.2, 0) is 0 Å². The number of aromatic nitrogens is 14. The van der Waals surface area contributed by atoms with E-state index < -0.39 is 0 Å². The zero-order valence-corrected chi connectivity index (χ0v) is 24.5. The van der Waals surface area contributed by atoms with E-state index in [0.29, 0.717) is 0 Å². The van der Waals surface area contributed by atoms with Gasteiger partial charge in [0, 0.05) is 22.8 Å². The van der Waals surface area contributed by atoms with Gasteiger partial charge < -0.3 is 0 Å². The molecule has 0 unspecified atom stereocenters. The Kier molecular flexibility index (Phi) is 6.44. The lowest BCUT2D eigenvalue weighted by atomic mass is 10.4. The Morgan fingerprint density at radius 3 is 0.810 bits per heavy atom. The van der Waals surface area contributed by atoms with Crippen molar-refractivity contribution in [2.75, 3.05) is 0 Å². The molecule has 0 aliphatic carbocycles. The summed E-state index contributed by atoms with van der Waals surface area (Å²) < 4.78 is 6.48. The Hall–Kier alpha value is -5.54. The standard InChI is InChI=1S/C26H28N16/c1-13-9-17(5)39(35-13)23-27-21(28-24(31-23)40-18(6)10-14(2)36-40)33-34-22-29-25(41-19(7)11-15(3)37-41)32-26(30-22)42-20(8)12-16(4)38-42/h9-12H,1-8H3. The van der Waals surface area contributed by atoms with Gasteiger partial charge in [0.15, 0.2) is 0 Å². The van der Waals surface area contributed by atoms with Gasteiger partial charge in [0.25, 0.3) is 35.7 Å². The van der Waals surface area contributed by atoms with Crippen LogP contribution in [0.1, 0.15) is 45.6 Å². The van der Waals surface area contributed by atoms with Crippen LogP contribution in [0.4, 0.5) is 11.9 Å². The van der Waals surface area contributed by atoms with Crippen LogP contribution in [0.25, 0.3) is 23.8 Å². The van der Waals surface area contributed by atoms with Crippen molar-refractivity contribution in [2.45, 2.75) is 55.4 Å². The van der Waals surface area contributed by atoms with Crippen molar-refractivity contribution in [3.63, 3.8) is 0 Å². The highest BCUT2D eigenvalue weighted by atomic mass is 15.5. The molecule has 0 saturated carbocycles. The van der Waals surface area contributed by atoms with E-state index in [2.05, 4.69) is 60.5 Å². The summed E-state index contributed by atoms with van der Waals surface area (Å²) in [6.07, 6.45) is 0. The van der Waals surface area contributed by atoms with Gasteiger partial charge in [-0.25, -0.2) is 18.7 Å². The summed E-state index contributed by atoms with van der Waals surface area (Å²) in [6, 6.07) is 7.72. The van der Waals surface area contributed by atoms with Crippen LogP contribution >= 0.6 is 0 Å². The molecule has 16 heteroatoms. The van der Waals surface area contributed by atoms with Gasteiger partial charge in [-0.1, -0.05) is 0 Å². The SMILES string of the molecule is Cc1cc(C)n(-c2nc(N=Nc3nc(-n4nc(C)cc4C)nc(-n4nc(C)cc4C)n3)nc(-n3nc(C)cc3C)n2)n1. The predicted octanol–water partition coefficient (Wildman–Crippen LogP) is 3.68. The van der Waals surface area contributed by atoms with E-state index in [1.54, 1.807) is 18.7 Å². The van der Waals surface area contributed by atoms with Crippen LogP contribution in [0.2, 0.25) is 0 Å². The molecule has 16 nitrogen and oxygen atoms in total. The van der Waals surface area contributed by atoms with Gasteiger partial charge in [0.2, 0.25) is 0 Å². The molecule has 0 aromatic carbocycles. The summed E-state index contributed by atoms with van der Waals surface area (Å²) in [5.41, 5.74) is 6.68. The molecular formula is C26H28N16. The lowest BCUT2D eigenvalue weighted by Gasteiger charge is -2.08. The molecular weight excluding hydrogens is 536 g/mol. The lowest BCUT2D eigenvalue weighted by molar-refractivity contribution is 0.710. The first kappa shape index (κ1) is 26.7. The summed E-state index contributed by atoms with van der Waals surface area (Å²) in [5, 5.41) is 26.7. The summed E-state index contributed by atoms with van der Waals surface area (Å²) in [6.45, 7) is 15.3. The molecule has 0 atom stereocenters. The molecule has 6 aromatic rings. The van der Waals surface area contributed by atoms with Crippen molar-refractivity contribution >= 4 is 11.9 Å². The largest absolute Gasteiger partial charge is 0.275 e. The molecule has 0 saturated heterocycles. The maximum Gasteiger partial charge on any atom is 0.275 e. The maximum absolute atomic E-state index is 4.62. The van der Waals surface area contributed by atoms with Gasteiger partial charge in [-0.05, 0) is 79.7 Å². The van der Waals surface area contributed by atoms with E-state index in [4.69, 9.17) is 0 Å². The van der Waals surface area contributed by atoms with Crippen molar-refractivity contribution in [2.24, 2.45) is 10.2 Å². The first-order valence-electron chi connectivity index (χ1n) is 13.1. The summed E-state index contributed by atoms with van der Waals surface area (Å²) >= 11 is 0. The normalized spacial score (nSPS) is 11.7. The van der Waals surface area contributed by atoms with Crippen molar-refractivity contribution in [1.82, 2.24) is 69.0 Å². The Balaban J connectivity index is 1.49. The fourth-order valence-corrected chi connectivity index (χ4v) is 4.57. The third-order valence-corrected chi connectivity index (χ3v) is 6.23. The summed E-state index contributed by atoms with van der Waals surface area (Å²) in [5.74, 6) is 1.14. The van der Waals surface area contributed by atoms with Gasteiger partial charge in [-0.15, -0.1) is 10.2 Å². The summed E-state index contributed by atoms with van der Waals surface area (Å²) in [4.78, 5) is 27.3. The zero-order valence-electron chi connectivity index (χ0n) is 24.5. The van der Waals surface area contributed by atoms with Crippen LogP contribution < -0.4 is 0 Å². The maximum atomic E-state index is 4.62. The van der Waals surface area contributed by atoms with Gasteiger partial charge in [-0.3, -0.25) is 0 Å². The summed E-state index contributed by atoms with van der Waals surface area (Å²) in [7, 11) is 0. The van der Waals surface area contributed by atoms with Crippen LogP contribution in [-0.4, -0.2) is 69.0 Å². The zero-order chi connectivity index (χ0) is 29.7. The molecule has 0 spiro atoms. The number of hydrogen-bond acceptors (Lipinski definition) is 12. The van der Waals surface area contributed by atoms with E-state index in [1.807, 2.05) is 79.7 Å². The van der Waals surface area contributed by atoms with Gasteiger partial charge in [0.1, 0.15) is 0 Å². The van der Waals surface area contributed by atoms with E-state index in [0.717, 1.165) is 45.6 Å². The van der Waals surface area contributed by atoms with Crippen molar-refractivity contribution < 1.29 is 0 Å². The third kappa shape index (κ3) is 5.04. The minimum atomic E-state index is 0.0239. The second-order valence-corrected chi connectivity index (χ2v) is 10.0. The second-order valence-electron chi connectivity index (χ2n) is 10.0. The van der Waals surface area contributed by atoms with E-state index in [1.165, 1.54) is 0 Å². The second kappa shape index (κ2) is 10.1. The highest BCUT2D eigenvalue weighted by Crippen LogP contribution is 2.20. The van der Waals surface area contributed by atoms with E-state index in [9.17, 15) is 0 Å². The van der Waals surface area contributed by atoms with Crippen molar-refractivity contribution in [1.29, 1.82) is 0 Å². The van der Waals surface area contributed by atoms with Gasteiger partial charge in [-0.2, -0.15) is 50.3 Å². The highest BCUT2D eigenvalue weighted by molar-refractivity contribution is 5.33. The Bertz CT molecular complexity index is 1710. The van der Waals surface area contributed by atoms with Gasteiger partial charge in [0.05, 0.1) is 22.8 Å². The van der Waals surface area contributed by atoms with Crippen LogP contribution in [0.15, 0.2) is 34.5 Å². The van der Waals surface area contributed by atoms with Crippen LogP contribution in [0.5, 0.6) is 0 Å². The quantitative estimate of drug-likeness (QED) is 0.271. The number of rotatable bonds is 6. The van der Waals surface area contributed by atoms with Crippen molar-refractivity contribution in [3.8, 4) is 23.8 Å². The van der Waals surface area contributed by atoms with E-state index in [-0.39, 0.29) is 35.7 Å². The molecule has 0 aliphatic heterocycles. The van der Waals surface area contributed by atoms with E-state index >= 15 is 0 Å². The number of hydrogen-bond donors (Lipinski definition) is 0. The minimum Gasteiger partial charge on any atom is -0.203 e. The average molecular weight is 565 g/mol. The molecule has 6 rings (SSSR count). The molecule has 6 heterocycles. The molecule has 0 bridgehead atoms. The molecule has 0 amide bonds. The minimum absolute atomic E-state index is 0.0239. The molecule has 42 heavy (non-hydrogen) atoms. The highest BCUT2D eigenvalue weighted by Gasteiger charge is 2.17. The molecule has 212 valence electrons. The Morgan fingerprint density at radius 2 is 0.619 bits per heavy atom.